The molecule has 1 heterocycles. The molecule has 1 amide bonds. The van der Waals surface area contributed by atoms with Gasteiger partial charge in [0.25, 0.3) is 5.91 Å². The fraction of sp³-hybridized carbons (Fsp3) is 0.389. The second-order valence-electron chi connectivity index (χ2n) is 6.26. The maximum atomic E-state index is 12.4. The van der Waals surface area contributed by atoms with Crippen LogP contribution in [-0.2, 0) is 17.8 Å². The van der Waals surface area contributed by atoms with E-state index in [-0.39, 0.29) is 12.3 Å². The molecule has 2 aromatic rings. The molecule has 6 nitrogen and oxygen atoms in total. The highest BCUT2D eigenvalue weighted by Gasteiger charge is 2.15. The minimum absolute atomic E-state index is 0.0972. The molecule has 2 N–H and O–H groups in total. The third-order valence-electron chi connectivity index (χ3n) is 3.73. The molecule has 0 aliphatic carbocycles. The molecule has 0 aliphatic heterocycles. The van der Waals surface area contributed by atoms with Gasteiger partial charge in [0.05, 0.1) is 11.8 Å². The lowest BCUT2D eigenvalue weighted by Crippen LogP contribution is -2.14. The lowest BCUT2D eigenvalue weighted by atomic mass is 10.1. The number of aliphatic carboxylic acids is 1. The predicted molar refractivity (Wildman–Crippen MR) is 92.2 cm³/mol. The normalized spacial score (nSPS) is 10.8. The molecule has 0 bridgehead atoms. The number of carbonyl (C=O) groups excluding carboxylic acids is 1. The van der Waals surface area contributed by atoms with E-state index in [0.717, 1.165) is 17.8 Å². The van der Waals surface area contributed by atoms with Gasteiger partial charge in [-0.25, -0.2) is 0 Å². The van der Waals surface area contributed by atoms with Gasteiger partial charge in [-0.1, -0.05) is 26.0 Å². The molecule has 0 saturated carbocycles. The summed E-state index contributed by atoms with van der Waals surface area (Å²) in [6, 6.07) is 7.22. The zero-order valence-corrected chi connectivity index (χ0v) is 14.2. The third kappa shape index (κ3) is 4.68. The Morgan fingerprint density at radius 1 is 1.25 bits per heavy atom. The number of anilines is 1. The van der Waals surface area contributed by atoms with Gasteiger partial charge in [-0.3, -0.25) is 14.3 Å². The quantitative estimate of drug-likeness (QED) is 0.817. The summed E-state index contributed by atoms with van der Waals surface area (Å²) in [5.74, 6) is -0.556. The van der Waals surface area contributed by atoms with E-state index >= 15 is 0 Å². The summed E-state index contributed by atoms with van der Waals surface area (Å²) in [5, 5.41) is 15.8. The molecular formula is C18H23N3O3. The monoisotopic (exact) mass is 329 g/mol. The molecule has 0 spiro atoms. The summed E-state index contributed by atoms with van der Waals surface area (Å²) in [6.07, 6.45) is 2.17. The van der Waals surface area contributed by atoms with Crippen molar-refractivity contribution < 1.29 is 14.7 Å². The molecular weight excluding hydrogens is 306 g/mol. The van der Waals surface area contributed by atoms with Crippen LogP contribution in [0.15, 0.2) is 30.5 Å². The number of aryl methyl sites for hydroxylation is 1. The van der Waals surface area contributed by atoms with Gasteiger partial charge < -0.3 is 10.4 Å². The zero-order chi connectivity index (χ0) is 17.7. The predicted octanol–water partition coefficient (Wildman–Crippen LogP) is 3.12. The van der Waals surface area contributed by atoms with E-state index in [1.165, 1.54) is 0 Å². The standard InChI is InChI=1S/C18H23N3O3/c1-12(2)11-21-13(3)16(10-19-21)18(24)20-15-7-4-14(5-8-15)6-9-17(22)23/h4-5,7-8,10,12H,6,9,11H2,1-3H3,(H,20,24)(H,22,23). The number of carbonyl (C=O) groups is 2. The molecule has 0 atom stereocenters. The molecule has 2 rings (SSSR count). The Kier molecular flexibility index (Phi) is 5.73. The number of hydrogen-bond acceptors (Lipinski definition) is 3. The van der Waals surface area contributed by atoms with E-state index in [1.807, 2.05) is 23.7 Å². The second kappa shape index (κ2) is 7.77. The molecule has 1 aromatic heterocycles. The van der Waals surface area contributed by atoms with E-state index in [4.69, 9.17) is 5.11 Å². The molecule has 0 radical (unpaired) electrons. The van der Waals surface area contributed by atoms with Gasteiger partial charge in [0, 0.05) is 24.3 Å². The fourth-order valence-electron chi connectivity index (χ4n) is 2.40. The first kappa shape index (κ1) is 17.7. The summed E-state index contributed by atoms with van der Waals surface area (Å²) < 4.78 is 1.84. The van der Waals surface area contributed by atoms with E-state index in [1.54, 1.807) is 18.3 Å². The highest BCUT2D eigenvalue weighted by atomic mass is 16.4. The average Bonchev–Trinajstić information content (AvgIpc) is 2.87. The van der Waals surface area contributed by atoms with Gasteiger partial charge in [-0.2, -0.15) is 5.10 Å². The summed E-state index contributed by atoms with van der Waals surface area (Å²) in [5.41, 5.74) is 3.01. The van der Waals surface area contributed by atoms with Crippen LogP contribution in [0.25, 0.3) is 0 Å². The number of benzene rings is 1. The molecule has 1 aromatic carbocycles. The first-order chi connectivity index (χ1) is 11.4. The molecule has 128 valence electrons. The number of nitrogens with zero attached hydrogens (tertiary/aromatic N) is 2. The van der Waals surface area contributed by atoms with Crippen LogP contribution in [-0.4, -0.2) is 26.8 Å². The fourth-order valence-corrected chi connectivity index (χ4v) is 2.40. The van der Waals surface area contributed by atoms with Crippen molar-refractivity contribution in [3.63, 3.8) is 0 Å². The molecule has 0 unspecified atom stereocenters. The van der Waals surface area contributed by atoms with Crippen molar-refractivity contribution in [3.05, 3.63) is 47.3 Å². The van der Waals surface area contributed by atoms with Crippen LogP contribution >= 0.6 is 0 Å². The van der Waals surface area contributed by atoms with E-state index in [0.29, 0.717) is 23.6 Å². The van der Waals surface area contributed by atoms with Crippen molar-refractivity contribution in [1.29, 1.82) is 0 Å². The van der Waals surface area contributed by atoms with Gasteiger partial charge >= 0.3 is 5.97 Å². The van der Waals surface area contributed by atoms with E-state index in [2.05, 4.69) is 24.3 Å². The number of carboxylic acids is 1. The van der Waals surface area contributed by atoms with Crippen LogP contribution in [0.2, 0.25) is 0 Å². The summed E-state index contributed by atoms with van der Waals surface area (Å²) in [4.78, 5) is 23.0. The first-order valence-corrected chi connectivity index (χ1v) is 8.01. The van der Waals surface area contributed by atoms with Crippen LogP contribution < -0.4 is 5.32 Å². The minimum Gasteiger partial charge on any atom is -0.481 e. The number of hydrogen-bond donors (Lipinski definition) is 2. The zero-order valence-electron chi connectivity index (χ0n) is 14.2. The highest BCUT2D eigenvalue weighted by molar-refractivity contribution is 6.04. The van der Waals surface area contributed by atoms with Gasteiger partial charge in [0.15, 0.2) is 0 Å². The Bertz CT molecular complexity index is 718. The van der Waals surface area contributed by atoms with Crippen molar-refractivity contribution in [2.24, 2.45) is 5.92 Å². The lowest BCUT2D eigenvalue weighted by Gasteiger charge is -2.09. The summed E-state index contributed by atoms with van der Waals surface area (Å²) in [7, 11) is 0. The Balaban J connectivity index is 2.02. The van der Waals surface area contributed by atoms with Crippen molar-refractivity contribution >= 4 is 17.6 Å². The van der Waals surface area contributed by atoms with Crippen molar-refractivity contribution in [2.75, 3.05) is 5.32 Å². The Morgan fingerprint density at radius 2 is 1.92 bits per heavy atom. The maximum absolute atomic E-state index is 12.4. The largest absolute Gasteiger partial charge is 0.481 e. The lowest BCUT2D eigenvalue weighted by molar-refractivity contribution is -0.136. The van der Waals surface area contributed by atoms with Crippen molar-refractivity contribution in [1.82, 2.24) is 9.78 Å². The maximum Gasteiger partial charge on any atom is 0.303 e. The SMILES string of the molecule is Cc1c(C(=O)Nc2ccc(CCC(=O)O)cc2)cnn1CC(C)C. The number of amides is 1. The van der Waals surface area contributed by atoms with Crippen molar-refractivity contribution in [3.8, 4) is 0 Å². The first-order valence-electron chi connectivity index (χ1n) is 8.01. The van der Waals surface area contributed by atoms with E-state index in [9.17, 15) is 9.59 Å². The van der Waals surface area contributed by atoms with Crippen LogP contribution in [0, 0.1) is 12.8 Å². The topological polar surface area (TPSA) is 84.2 Å². The number of carboxylic acid groups (broad SMARTS) is 1. The van der Waals surface area contributed by atoms with Crippen LogP contribution in [0.4, 0.5) is 5.69 Å². The summed E-state index contributed by atoms with van der Waals surface area (Å²) in [6.45, 7) is 6.87. The van der Waals surface area contributed by atoms with Crippen molar-refractivity contribution in [2.45, 2.75) is 40.2 Å². The third-order valence-corrected chi connectivity index (χ3v) is 3.73. The molecule has 0 fully saturated rings. The Labute approximate surface area is 141 Å². The number of aromatic nitrogens is 2. The van der Waals surface area contributed by atoms with Gasteiger partial charge in [0.1, 0.15) is 0 Å². The molecule has 0 saturated heterocycles. The smallest absolute Gasteiger partial charge is 0.303 e. The molecule has 0 aliphatic rings. The number of rotatable bonds is 7. The van der Waals surface area contributed by atoms with Gasteiger partial charge in [-0.15, -0.1) is 0 Å². The minimum atomic E-state index is -0.818. The Hall–Kier alpha value is -2.63. The van der Waals surface area contributed by atoms with Gasteiger partial charge in [0.2, 0.25) is 0 Å². The second-order valence-corrected chi connectivity index (χ2v) is 6.26. The van der Waals surface area contributed by atoms with Crippen LogP contribution in [0.3, 0.4) is 0 Å². The average molecular weight is 329 g/mol. The van der Waals surface area contributed by atoms with E-state index < -0.39 is 5.97 Å². The van der Waals surface area contributed by atoms with Crippen LogP contribution in [0.5, 0.6) is 0 Å². The Morgan fingerprint density at radius 3 is 2.50 bits per heavy atom. The summed E-state index contributed by atoms with van der Waals surface area (Å²) >= 11 is 0. The number of nitrogens with one attached hydrogen (secondary N) is 1. The van der Waals surface area contributed by atoms with Gasteiger partial charge in [-0.05, 0) is 37.0 Å². The molecule has 6 heteroatoms. The molecule has 24 heavy (non-hydrogen) atoms. The highest BCUT2D eigenvalue weighted by Crippen LogP contribution is 2.15. The van der Waals surface area contributed by atoms with Crippen LogP contribution in [0.1, 0.15) is 41.9 Å².